The lowest BCUT2D eigenvalue weighted by Crippen LogP contribution is -2.47. The van der Waals surface area contributed by atoms with Crippen molar-refractivity contribution >= 4 is 0 Å². The first-order chi connectivity index (χ1) is 16.7. The molecule has 0 aromatic carbocycles. The van der Waals surface area contributed by atoms with Crippen LogP contribution in [0.4, 0.5) is 0 Å². The van der Waals surface area contributed by atoms with Crippen LogP contribution in [0.1, 0.15) is 22.8 Å². The van der Waals surface area contributed by atoms with Gasteiger partial charge >= 0.3 is 0 Å². The first kappa shape index (κ1) is 23.6. The maximum Gasteiger partial charge on any atom is 0.0544 e. The van der Waals surface area contributed by atoms with E-state index in [0.29, 0.717) is 39.3 Å². The number of rotatable bonds is 12. The molecule has 0 N–H and O–H groups in total. The lowest BCUT2D eigenvalue weighted by molar-refractivity contribution is -0.423. The molecule has 0 aliphatic carbocycles. The maximum absolute atomic E-state index is 13.3. The first-order valence-corrected chi connectivity index (χ1v) is 11.4. The van der Waals surface area contributed by atoms with Crippen molar-refractivity contribution in [2.24, 2.45) is 0 Å². The molecule has 7 nitrogen and oxygen atoms in total. The van der Waals surface area contributed by atoms with Gasteiger partial charge in [0.1, 0.15) is 0 Å². The number of nitrogens with zero attached hydrogens (tertiary/aromatic N) is 6. The highest BCUT2D eigenvalue weighted by Gasteiger charge is 2.14. The minimum absolute atomic E-state index is 0.383. The van der Waals surface area contributed by atoms with Crippen molar-refractivity contribution < 1.29 is 5.11 Å². The molecule has 7 heteroatoms. The third kappa shape index (κ3) is 7.81. The number of pyridine rings is 4. The van der Waals surface area contributed by atoms with Crippen LogP contribution in [0.2, 0.25) is 0 Å². The Labute approximate surface area is 200 Å². The van der Waals surface area contributed by atoms with E-state index in [0.717, 1.165) is 22.8 Å². The molecule has 0 atom stereocenters. The fourth-order valence-electron chi connectivity index (χ4n) is 3.89. The molecule has 0 fully saturated rings. The van der Waals surface area contributed by atoms with Gasteiger partial charge < -0.3 is 5.11 Å². The maximum atomic E-state index is 13.3. The van der Waals surface area contributed by atoms with Crippen LogP contribution in [-0.2, 0) is 26.2 Å². The first-order valence-electron chi connectivity index (χ1n) is 11.4. The summed E-state index contributed by atoms with van der Waals surface area (Å²) in [6, 6.07) is 23.4. The molecule has 0 aliphatic heterocycles. The predicted octanol–water partition coefficient (Wildman–Crippen LogP) is 2.70. The number of hydrogen-bond donors (Lipinski definition) is 0. The van der Waals surface area contributed by atoms with Crippen LogP contribution < -0.4 is 5.11 Å². The summed E-state index contributed by atoms with van der Waals surface area (Å²) < 4.78 is 0. The van der Waals surface area contributed by atoms with Crippen molar-refractivity contribution in [2.75, 3.05) is 13.1 Å². The Bertz CT molecular complexity index is 911. The van der Waals surface area contributed by atoms with Crippen LogP contribution >= 0.6 is 0 Å². The summed E-state index contributed by atoms with van der Waals surface area (Å²) in [5.74, 6) is 0. The molecule has 0 amide bonds. The van der Waals surface area contributed by atoms with Crippen molar-refractivity contribution in [1.82, 2.24) is 29.7 Å². The summed E-state index contributed by atoms with van der Waals surface area (Å²) >= 11 is 0. The Balaban J connectivity index is 1.45. The second-order valence-corrected chi connectivity index (χ2v) is 8.25. The van der Waals surface area contributed by atoms with Crippen LogP contribution in [0.5, 0.6) is 0 Å². The minimum Gasteiger partial charge on any atom is -0.850 e. The van der Waals surface area contributed by atoms with Gasteiger partial charge in [0.05, 0.1) is 22.8 Å². The zero-order valence-electron chi connectivity index (χ0n) is 19.1. The van der Waals surface area contributed by atoms with Crippen molar-refractivity contribution in [2.45, 2.75) is 32.3 Å². The van der Waals surface area contributed by atoms with Gasteiger partial charge in [-0.2, -0.15) is 0 Å². The van der Waals surface area contributed by atoms with Crippen LogP contribution in [0.25, 0.3) is 0 Å². The fourth-order valence-corrected chi connectivity index (χ4v) is 3.89. The van der Waals surface area contributed by atoms with E-state index >= 15 is 0 Å². The smallest absolute Gasteiger partial charge is 0.0544 e. The highest BCUT2D eigenvalue weighted by Crippen LogP contribution is 2.11. The number of hydrogen-bond acceptors (Lipinski definition) is 7. The van der Waals surface area contributed by atoms with Gasteiger partial charge in [-0.05, 0) is 61.6 Å². The van der Waals surface area contributed by atoms with Crippen LogP contribution in [0.3, 0.4) is 0 Å². The van der Waals surface area contributed by atoms with E-state index in [1.165, 1.54) is 0 Å². The second kappa shape index (κ2) is 12.6. The quantitative estimate of drug-likeness (QED) is 0.326. The Hall–Kier alpha value is -3.52. The minimum atomic E-state index is -0.820. The van der Waals surface area contributed by atoms with Crippen LogP contribution in [0, 0.1) is 0 Å². The van der Waals surface area contributed by atoms with E-state index < -0.39 is 6.10 Å². The third-order valence-corrected chi connectivity index (χ3v) is 5.37. The average Bonchev–Trinajstić information content (AvgIpc) is 2.86. The van der Waals surface area contributed by atoms with Gasteiger partial charge in [-0.3, -0.25) is 29.7 Å². The SMILES string of the molecule is [O-]C(CN(Cc1ccccn1)Cc1ccccn1)CN(Cc1ccccn1)Cc1ccccn1. The van der Waals surface area contributed by atoms with E-state index in [1.54, 1.807) is 24.8 Å². The molecular formula is C27H29N6O-. The summed E-state index contributed by atoms with van der Waals surface area (Å²) in [6.45, 7) is 3.14. The summed E-state index contributed by atoms with van der Waals surface area (Å²) in [4.78, 5) is 22.1. The van der Waals surface area contributed by atoms with Gasteiger partial charge in [-0.25, -0.2) is 0 Å². The van der Waals surface area contributed by atoms with Gasteiger partial charge in [0.25, 0.3) is 0 Å². The van der Waals surface area contributed by atoms with Gasteiger partial charge in [0.15, 0.2) is 0 Å². The predicted molar refractivity (Wildman–Crippen MR) is 129 cm³/mol. The zero-order valence-corrected chi connectivity index (χ0v) is 19.1. The van der Waals surface area contributed by atoms with Gasteiger partial charge in [-0.15, -0.1) is 6.10 Å². The monoisotopic (exact) mass is 453 g/mol. The molecule has 0 saturated heterocycles. The lowest BCUT2D eigenvalue weighted by atomic mass is 10.2. The van der Waals surface area contributed by atoms with Crippen molar-refractivity contribution in [3.63, 3.8) is 0 Å². The normalized spacial score (nSPS) is 11.4. The summed E-state index contributed by atoms with van der Waals surface area (Å²) in [7, 11) is 0. The molecule has 0 aliphatic rings. The topological polar surface area (TPSA) is 81.1 Å². The van der Waals surface area contributed by atoms with E-state index in [-0.39, 0.29) is 0 Å². The van der Waals surface area contributed by atoms with Crippen molar-refractivity contribution in [3.05, 3.63) is 120 Å². The molecule has 4 aromatic heterocycles. The molecule has 174 valence electrons. The summed E-state index contributed by atoms with van der Waals surface area (Å²) in [5.41, 5.74) is 3.74. The Morgan fingerprint density at radius 3 is 1.03 bits per heavy atom. The largest absolute Gasteiger partial charge is 0.850 e. The Morgan fingerprint density at radius 1 is 0.500 bits per heavy atom. The molecule has 34 heavy (non-hydrogen) atoms. The van der Waals surface area contributed by atoms with E-state index in [2.05, 4.69) is 29.7 Å². The molecule has 0 radical (unpaired) electrons. The average molecular weight is 454 g/mol. The highest BCUT2D eigenvalue weighted by molar-refractivity contribution is 5.08. The molecule has 0 unspecified atom stereocenters. The molecule has 4 rings (SSSR count). The van der Waals surface area contributed by atoms with Gasteiger partial charge in [0.2, 0.25) is 0 Å². The third-order valence-electron chi connectivity index (χ3n) is 5.37. The molecule has 0 saturated carbocycles. The van der Waals surface area contributed by atoms with E-state index in [9.17, 15) is 5.11 Å². The van der Waals surface area contributed by atoms with Crippen LogP contribution in [-0.4, -0.2) is 48.9 Å². The van der Waals surface area contributed by atoms with Gasteiger partial charge in [-0.1, -0.05) is 24.3 Å². The molecule has 4 heterocycles. The van der Waals surface area contributed by atoms with Crippen LogP contribution in [0.15, 0.2) is 97.6 Å². The molecule has 0 bridgehead atoms. The van der Waals surface area contributed by atoms with Gasteiger partial charge in [0, 0.05) is 51.0 Å². The Kier molecular flexibility index (Phi) is 8.79. The Morgan fingerprint density at radius 2 is 0.794 bits per heavy atom. The molecule has 4 aromatic rings. The standard InChI is InChI=1S/C27H29N6O/c34-27(21-32(17-23-9-1-5-13-28-23)18-24-10-2-6-14-29-24)22-33(19-25-11-3-7-15-30-25)20-26-12-4-8-16-31-26/h1-16,27H,17-22H2/q-1. The zero-order chi connectivity index (χ0) is 23.4. The summed E-state index contributed by atoms with van der Waals surface area (Å²) in [5, 5.41) is 13.3. The van der Waals surface area contributed by atoms with E-state index in [1.807, 2.05) is 72.8 Å². The van der Waals surface area contributed by atoms with Crippen molar-refractivity contribution in [1.29, 1.82) is 0 Å². The van der Waals surface area contributed by atoms with E-state index in [4.69, 9.17) is 0 Å². The second-order valence-electron chi connectivity index (χ2n) is 8.25. The number of aromatic nitrogens is 4. The molecule has 0 spiro atoms. The lowest BCUT2D eigenvalue weighted by Gasteiger charge is -2.35. The highest BCUT2D eigenvalue weighted by atomic mass is 16.3. The van der Waals surface area contributed by atoms with Crippen molar-refractivity contribution in [3.8, 4) is 0 Å². The fraction of sp³-hybridized carbons (Fsp3) is 0.259. The summed E-state index contributed by atoms with van der Waals surface area (Å²) in [6.07, 6.45) is 6.31. The molecular weight excluding hydrogens is 424 g/mol.